The van der Waals surface area contributed by atoms with Crippen LogP contribution in [0.4, 0.5) is 11.4 Å². The van der Waals surface area contributed by atoms with Crippen molar-refractivity contribution in [3.8, 4) is 23.0 Å². The standard InChI is InChI=1S/C48H26N2O6/c51-45-37-23-19-33-35-21-25-39-44-40(48(54)50(47(39)53)28-13-17-32(18-14-28)56-30-9-5-2-6-10-30)26-22-36(42(35)44)34-20-24-38(43(37)41(33)34)46(52)49(45)27-11-15-31(16-12-27)55-29-7-3-1-4-8-29/h1-26H. The molecule has 56 heavy (non-hydrogen) atoms. The van der Waals surface area contributed by atoms with Crippen molar-refractivity contribution < 1.29 is 28.7 Å². The fourth-order valence-electron chi connectivity index (χ4n) is 8.31. The number of ether oxygens (including phenoxy) is 2. The Balaban J connectivity index is 0.990. The van der Waals surface area contributed by atoms with Crippen LogP contribution in [0.2, 0.25) is 0 Å². The summed E-state index contributed by atoms with van der Waals surface area (Å²) in [6, 6.07) is 47.2. The quantitative estimate of drug-likeness (QED) is 0.0962. The van der Waals surface area contributed by atoms with Gasteiger partial charge >= 0.3 is 0 Å². The average Bonchev–Trinajstić information content (AvgIpc) is 3.23. The van der Waals surface area contributed by atoms with Crippen molar-refractivity contribution in [2.75, 3.05) is 9.80 Å². The van der Waals surface area contributed by atoms with E-state index in [0.717, 1.165) is 32.3 Å². The fraction of sp³-hybridized carbons (Fsp3) is 0. The Bertz CT molecular complexity index is 2810. The zero-order valence-corrected chi connectivity index (χ0v) is 29.4. The largest absolute Gasteiger partial charge is 0.457 e. The number of rotatable bonds is 6. The highest BCUT2D eigenvalue weighted by Gasteiger charge is 2.38. The summed E-state index contributed by atoms with van der Waals surface area (Å²) in [5.74, 6) is 0.827. The molecule has 8 nitrogen and oxygen atoms in total. The topological polar surface area (TPSA) is 93.2 Å². The maximum Gasteiger partial charge on any atom is 0.265 e. The summed E-state index contributed by atoms with van der Waals surface area (Å²) in [6.07, 6.45) is 0. The van der Waals surface area contributed by atoms with E-state index in [2.05, 4.69) is 0 Å². The number of benzene rings is 9. The highest BCUT2D eigenvalue weighted by atomic mass is 16.5. The van der Waals surface area contributed by atoms with Gasteiger partial charge in [0.05, 0.1) is 11.4 Å². The van der Waals surface area contributed by atoms with Crippen molar-refractivity contribution in [3.63, 3.8) is 0 Å². The van der Waals surface area contributed by atoms with Gasteiger partial charge in [-0.2, -0.15) is 0 Å². The molecular weight excluding hydrogens is 701 g/mol. The van der Waals surface area contributed by atoms with Gasteiger partial charge < -0.3 is 9.47 Å². The third-order valence-electron chi connectivity index (χ3n) is 10.8. The second-order valence-corrected chi connectivity index (χ2v) is 13.9. The van der Waals surface area contributed by atoms with Crippen LogP contribution in [0.5, 0.6) is 23.0 Å². The van der Waals surface area contributed by atoms with E-state index in [1.54, 1.807) is 72.8 Å². The summed E-state index contributed by atoms with van der Waals surface area (Å²) in [4.78, 5) is 59.2. The summed E-state index contributed by atoms with van der Waals surface area (Å²) in [6.45, 7) is 0. The second kappa shape index (κ2) is 11.8. The number of anilines is 2. The van der Waals surface area contributed by atoms with E-state index in [4.69, 9.17) is 9.47 Å². The normalized spacial score (nSPS) is 13.8. The van der Waals surface area contributed by atoms with E-state index in [1.807, 2.05) is 84.9 Å². The number of carbonyl (C=O) groups excluding carboxylic acids is 4. The van der Waals surface area contributed by atoms with Crippen molar-refractivity contribution in [1.29, 1.82) is 0 Å². The van der Waals surface area contributed by atoms with Gasteiger partial charge in [-0.05, 0) is 129 Å². The van der Waals surface area contributed by atoms with Crippen molar-refractivity contribution in [3.05, 3.63) is 180 Å². The molecular formula is C48H26N2O6. The van der Waals surface area contributed by atoms with Gasteiger partial charge in [-0.25, -0.2) is 9.80 Å². The molecule has 9 aromatic carbocycles. The molecule has 0 aliphatic carbocycles. The maximum absolute atomic E-state index is 14.2. The van der Waals surface area contributed by atoms with Crippen molar-refractivity contribution in [2.45, 2.75) is 0 Å². The SMILES string of the molecule is O=C1c2ccc3c4ccc5c6c(ccc(c7ccc(c2c37)C(=O)N1c1ccc(Oc2ccccc2)cc1)c64)C(=O)N(c1ccc(Oc2ccccc2)cc1)C5=O. The number of amides is 4. The predicted molar refractivity (Wildman–Crippen MR) is 216 cm³/mol. The second-order valence-electron chi connectivity index (χ2n) is 13.9. The van der Waals surface area contributed by atoms with Crippen LogP contribution in [-0.2, 0) is 0 Å². The van der Waals surface area contributed by atoms with Crippen LogP contribution in [0.25, 0.3) is 43.1 Å². The van der Waals surface area contributed by atoms with Crippen molar-refractivity contribution in [1.82, 2.24) is 0 Å². The number of imide groups is 2. The highest BCUT2D eigenvalue weighted by molar-refractivity contribution is 6.45. The van der Waals surface area contributed by atoms with Gasteiger partial charge in [0.15, 0.2) is 0 Å². The Morgan fingerprint density at radius 2 is 0.571 bits per heavy atom. The van der Waals surface area contributed by atoms with E-state index >= 15 is 0 Å². The zero-order chi connectivity index (χ0) is 37.7. The first kappa shape index (κ1) is 31.7. The monoisotopic (exact) mass is 726 g/mol. The van der Waals surface area contributed by atoms with E-state index in [9.17, 15) is 19.2 Å². The number of fused-ring (bicyclic) bond motifs is 2. The predicted octanol–water partition coefficient (Wildman–Crippen LogP) is 10.9. The molecule has 0 saturated carbocycles. The number of para-hydroxylation sites is 2. The molecule has 0 N–H and O–H groups in total. The third-order valence-corrected chi connectivity index (χ3v) is 10.8. The summed E-state index contributed by atoms with van der Waals surface area (Å²) in [5.41, 5.74) is 2.54. The Morgan fingerprint density at radius 1 is 0.286 bits per heavy atom. The van der Waals surface area contributed by atoms with Crippen LogP contribution in [-0.4, -0.2) is 23.6 Å². The van der Waals surface area contributed by atoms with Crippen LogP contribution >= 0.6 is 0 Å². The van der Waals surface area contributed by atoms with Crippen LogP contribution < -0.4 is 19.3 Å². The summed E-state index contributed by atoms with van der Waals surface area (Å²) >= 11 is 0. The smallest absolute Gasteiger partial charge is 0.265 e. The first-order chi connectivity index (χ1) is 27.4. The lowest BCUT2D eigenvalue weighted by Gasteiger charge is -2.30. The molecule has 11 rings (SSSR count). The van der Waals surface area contributed by atoms with Crippen LogP contribution in [0, 0.1) is 0 Å². The van der Waals surface area contributed by atoms with Gasteiger partial charge in [0.1, 0.15) is 23.0 Å². The Hall–Kier alpha value is -7.84. The first-order valence-corrected chi connectivity index (χ1v) is 18.1. The van der Waals surface area contributed by atoms with Gasteiger partial charge in [-0.15, -0.1) is 0 Å². The van der Waals surface area contributed by atoms with Gasteiger partial charge in [0.25, 0.3) is 23.6 Å². The minimum Gasteiger partial charge on any atom is -0.457 e. The molecule has 8 heteroatoms. The number of carbonyl (C=O) groups is 4. The van der Waals surface area contributed by atoms with E-state index in [0.29, 0.717) is 67.4 Å². The summed E-state index contributed by atoms with van der Waals surface area (Å²) in [7, 11) is 0. The third kappa shape index (κ3) is 4.53. The Morgan fingerprint density at radius 3 is 0.875 bits per heavy atom. The maximum atomic E-state index is 14.2. The number of hydrogen-bond acceptors (Lipinski definition) is 6. The molecule has 2 aliphatic rings. The molecule has 0 spiro atoms. The molecule has 0 atom stereocenters. The lowest BCUT2D eigenvalue weighted by molar-refractivity contribution is 0.0877. The Labute approximate surface area is 318 Å². The van der Waals surface area contributed by atoms with E-state index in [-0.39, 0.29) is 0 Å². The van der Waals surface area contributed by atoms with Gasteiger partial charge in [-0.3, -0.25) is 19.2 Å². The molecule has 9 aromatic rings. The molecule has 0 fully saturated rings. The Kier molecular flexibility index (Phi) is 6.69. The first-order valence-electron chi connectivity index (χ1n) is 18.1. The molecule has 0 aromatic heterocycles. The molecule has 4 amide bonds. The average molecular weight is 727 g/mol. The summed E-state index contributed by atoms with van der Waals surface area (Å²) < 4.78 is 11.9. The molecule has 2 heterocycles. The van der Waals surface area contributed by atoms with Crippen LogP contribution in [0.1, 0.15) is 41.4 Å². The molecule has 0 saturated heterocycles. The van der Waals surface area contributed by atoms with Crippen LogP contribution in [0.3, 0.4) is 0 Å². The molecule has 0 radical (unpaired) electrons. The van der Waals surface area contributed by atoms with Gasteiger partial charge in [0.2, 0.25) is 0 Å². The molecule has 2 aliphatic heterocycles. The number of nitrogens with zero attached hydrogens (tertiary/aromatic N) is 2. The van der Waals surface area contributed by atoms with E-state index in [1.165, 1.54) is 9.80 Å². The molecule has 0 bridgehead atoms. The minimum absolute atomic E-state index is 0.417. The van der Waals surface area contributed by atoms with Crippen molar-refractivity contribution in [2.24, 2.45) is 0 Å². The highest BCUT2D eigenvalue weighted by Crippen LogP contribution is 2.47. The van der Waals surface area contributed by atoms with Crippen molar-refractivity contribution >= 4 is 78.1 Å². The lowest BCUT2D eigenvalue weighted by atomic mass is 9.82. The molecule has 264 valence electrons. The van der Waals surface area contributed by atoms with Gasteiger partial charge in [-0.1, -0.05) is 60.7 Å². The number of hydrogen-bond donors (Lipinski definition) is 0. The zero-order valence-electron chi connectivity index (χ0n) is 29.4. The van der Waals surface area contributed by atoms with Crippen LogP contribution in [0.15, 0.2) is 158 Å². The van der Waals surface area contributed by atoms with Gasteiger partial charge in [0, 0.05) is 33.0 Å². The minimum atomic E-state index is -0.421. The molecule has 0 unspecified atom stereocenters. The fourth-order valence-corrected chi connectivity index (χ4v) is 8.31. The van der Waals surface area contributed by atoms with E-state index < -0.39 is 23.6 Å². The lowest BCUT2D eigenvalue weighted by Crippen LogP contribution is -2.40. The summed E-state index contributed by atoms with van der Waals surface area (Å²) in [5, 5.41) is 6.05.